The molecule has 86 valence electrons. The molecule has 2 heterocycles. The Labute approximate surface area is 96.6 Å². The van der Waals surface area contributed by atoms with Crippen LogP contribution in [0, 0.1) is 0 Å². The molecule has 0 aliphatic carbocycles. The summed E-state index contributed by atoms with van der Waals surface area (Å²) < 4.78 is 0. The summed E-state index contributed by atoms with van der Waals surface area (Å²) >= 11 is 0. The van der Waals surface area contributed by atoms with E-state index in [1.165, 1.54) is 5.57 Å². The van der Waals surface area contributed by atoms with Gasteiger partial charge in [0.15, 0.2) is 0 Å². The van der Waals surface area contributed by atoms with Gasteiger partial charge >= 0.3 is 0 Å². The number of hydrogen-bond acceptors (Lipinski definition) is 4. The van der Waals surface area contributed by atoms with Crippen LogP contribution >= 0.6 is 0 Å². The maximum absolute atomic E-state index is 4.32. The molecule has 0 unspecified atom stereocenters. The first kappa shape index (κ1) is 11.1. The van der Waals surface area contributed by atoms with Crippen LogP contribution in [0.15, 0.2) is 30.7 Å². The van der Waals surface area contributed by atoms with Crippen LogP contribution in [0.3, 0.4) is 0 Å². The zero-order valence-electron chi connectivity index (χ0n) is 9.76. The fourth-order valence-electron chi connectivity index (χ4n) is 1.97. The maximum Gasteiger partial charge on any atom is 0.147 e. The molecule has 0 spiro atoms. The van der Waals surface area contributed by atoms with Crippen LogP contribution in [-0.2, 0) is 0 Å². The van der Waals surface area contributed by atoms with Gasteiger partial charge in [-0.2, -0.15) is 0 Å². The Kier molecular flexibility index (Phi) is 3.51. The first-order valence-corrected chi connectivity index (χ1v) is 5.63. The zero-order chi connectivity index (χ0) is 11.4. The predicted octanol–water partition coefficient (Wildman–Crippen LogP) is 1.17. The van der Waals surface area contributed by atoms with Gasteiger partial charge < -0.3 is 4.90 Å². The van der Waals surface area contributed by atoms with Crippen molar-refractivity contribution in [2.45, 2.75) is 6.92 Å². The molecule has 0 amide bonds. The number of piperazine rings is 1. The third kappa shape index (κ3) is 2.79. The molecule has 0 aromatic carbocycles. The standard InChI is InChI=1S/C12H18N4/c1-11(2)10-15-5-7-16(8-6-15)12-9-13-3-4-14-12/h3-4,9H,1,5-8,10H2,2H3. The van der Waals surface area contributed by atoms with Crippen molar-refractivity contribution in [3.05, 3.63) is 30.7 Å². The summed E-state index contributed by atoms with van der Waals surface area (Å²) in [5.41, 5.74) is 1.23. The molecule has 1 aliphatic heterocycles. The second-order valence-corrected chi connectivity index (χ2v) is 4.28. The molecule has 16 heavy (non-hydrogen) atoms. The summed E-state index contributed by atoms with van der Waals surface area (Å²) in [6, 6.07) is 0. The van der Waals surface area contributed by atoms with Gasteiger partial charge in [-0.05, 0) is 6.92 Å². The van der Waals surface area contributed by atoms with E-state index in [1.54, 1.807) is 12.4 Å². The van der Waals surface area contributed by atoms with Gasteiger partial charge in [0, 0.05) is 45.1 Å². The first-order chi connectivity index (χ1) is 7.75. The molecular formula is C12H18N4. The van der Waals surface area contributed by atoms with Crippen molar-refractivity contribution >= 4 is 5.82 Å². The Balaban J connectivity index is 1.88. The number of anilines is 1. The van der Waals surface area contributed by atoms with Gasteiger partial charge in [0.05, 0.1) is 6.20 Å². The monoisotopic (exact) mass is 218 g/mol. The second kappa shape index (κ2) is 5.07. The van der Waals surface area contributed by atoms with Crippen molar-refractivity contribution in [2.75, 3.05) is 37.6 Å². The largest absolute Gasteiger partial charge is 0.353 e. The van der Waals surface area contributed by atoms with Crippen molar-refractivity contribution in [2.24, 2.45) is 0 Å². The quantitative estimate of drug-likeness (QED) is 0.713. The molecular weight excluding hydrogens is 200 g/mol. The summed E-state index contributed by atoms with van der Waals surface area (Å²) in [5, 5.41) is 0. The fraction of sp³-hybridized carbons (Fsp3) is 0.500. The summed E-state index contributed by atoms with van der Waals surface area (Å²) in [4.78, 5) is 13.1. The average Bonchev–Trinajstić information content (AvgIpc) is 2.30. The molecule has 0 N–H and O–H groups in total. The molecule has 4 heteroatoms. The second-order valence-electron chi connectivity index (χ2n) is 4.28. The van der Waals surface area contributed by atoms with Gasteiger partial charge in [-0.1, -0.05) is 12.2 Å². The summed E-state index contributed by atoms with van der Waals surface area (Å²) in [6.07, 6.45) is 5.28. The third-order valence-corrected chi connectivity index (χ3v) is 2.74. The van der Waals surface area contributed by atoms with E-state index >= 15 is 0 Å². The molecule has 1 aromatic rings. The van der Waals surface area contributed by atoms with Gasteiger partial charge in [-0.3, -0.25) is 9.88 Å². The minimum Gasteiger partial charge on any atom is -0.353 e. The Morgan fingerprint density at radius 1 is 1.31 bits per heavy atom. The lowest BCUT2D eigenvalue weighted by Crippen LogP contribution is -2.47. The number of hydrogen-bond donors (Lipinski definition) is 0. The Hall–Kier alpha value is -1.42. The number of aromatic nitrogens is 2. The molecule has 1 saturated heterocycles. The van der Waals surface area contributed by atoms with E-state index in [0.29, 0.717) is 0 Å². The highest BCUT2D eigenvalue weighted by Crippen LogP contribution is 2.11. The number of rotatable bonds is 3. The van der Waals surface area contributed by atoms with Gasteiger partial charge in [-0.25, -0.2) is 4.98 Å². The van der Waals surface area contributed by atoms with Crippen LogP contribution in [0.1, 0.15) is 6.92 Å². The molecule has 1 fully saturated rings. The minimum absolute atomic E-state index is 0.984. The molecule has 0 bridgehead atoms. The lowest BCUT2D eigenvalue weighted by molar-refractivity contribution is 0.278. The smallest absolute Gasteiger partial charge is 0.147 e. The van der Waals surface area contributed by atoms with Crippen LogP contribution in [0.25, 0.3) is 0 Å². The van der Waals surface area contributed by atoms with Gasteiger partial charge in [-0.15, -0.1) is 0 Å². The lowest BCUT2D eigenvalue weighted by atomic mass is 10.2. The van der Waals surface area contributed by atoms with Crippen LogP contribution in [0.5, 0.6) is 0 Å². The molecule has 0 radical (unpaired) electrons. The van der Waals surface area contributed by atoms with E-state index in [4.69, 9.17) is 0 Å². The highest BCUT2D eigenvalue weighted by atomic mass is 15.3. The van der Waals surface area contributed by atoms with Crippen LogP contribution < -0.4 is 4.90 Å². The fourth-order valence-corrected chi connectivity index (χ4v) is 1.97. The normalized spacial score (nSPS) is 17.4. The lowest BCUT2D eigenvalue weighted by Gasteiger charge is -2.35. The average molecular weight is 218 g/mol. The molecule has 1 aromatic heterocycles. The summed E-state index contributed by atoms with van der Waals surface area (Å²) in [7, 11) is 0. The molecule has 2 rings (SSSR count). The molecule has 0 saturated carbocycles. The van der Waals surface area contributed by atoms with Crippen molar-refractivity contribution in [1.29, 1.82) is 0 Å². The molecule has 4 nitrogen and oxygen atoms in total. The zero-order valence-corrected chi connectivity index (χ0v) is 9.76. The van der Waals surface area contributed by atoms with Crippen molar-refractivity contribution in [3.63, 3.8) is 0 Å². The Morgan fingerprint density at radius 2 is 2.06 bits per heavy atom. The van der Waals surface area contributed by atoms with E-state index in [0.717, 1.165) is 38.5 Å². The van der Waals surface area contributed by atoms with Crippen molar-refractivity contribution in [1.82, 2.24) is 14.9 Å². The first-order valence-electron chi connectivity index (χ1n) is 5.63. The molecule has 1 aliphatic rings. The van der Waals surface area contributed by atoms with Crippen molar-refractivity contribution < 1.29 is 0 Å². The van der Waals surface area contributed by atoms with Crippen LogP contribution in [0.2, 0.25) is 0 Å². The minimum atomic E-state index is 0.984. The van der Waals surface area contributed by atoms with E-state index in [1.807, 2.05) is 6.20 Å². The van der Waals surface area contributed by atoms with E-state index in [-0.39, 0.29) is 0 Å². The van der Waals surface area contributed by atoms with E-state index in [2.05, 4.69) is 33.3 Å². The van der Waals surface area contributed by atoms with Gasteiger partial charge in [0.1, 0.15) is 5.82 Å². The van der Waals surface area contributed by atoms with E-state index < -0.39 is 0 Å². The Bertz CT molecular complexity index is 341. The van der Waals surface area contributed by atoms with E-state index in [9.17, 15) is 0 Å². The summed E-state index contributed by atoms with van der Waals surface area (Å²) in [6.45, 7) is 11.2. The Morgan fingerprint density at radius 3 is 2.62 bits per heavy atom. The maximum atomic E-state index is 4.32. The SMILES string of the molecule is C=C(C)CN1CCN(c2cnccn2)CC1. The van der Waals surface area contributed by atoms with Crippen LogP contribution in [-0.4, -0.2) is 47.6 Å². The molecule has 0 atom stereocenters. The summed E-state index contributed by atoms with van der Waals surface area (Å²) in [5.74, 6) is 0.984. The highest BCUT2D eigenvalue weighted by Gasteiger charge is 2.17. The predicted molar refractivity (Wildman–Crippen MR) is 65.5 cm³/mol. The van der Waals surface area contributed by atoms with Crippen LogP contribution in [0.4, 0.5) is 5.82 Å². The highest BCUT2D eigenvalue weighted by molar-refractivity contribution is 5.35. The third-order valence-electron chi connectivity index (χ3n) is 2.74. The number of nitrogens with zero attached hydrogens (tertiary/aromatic N) is 4. The van der Waals surface area contributed by atoms with Gasteiger partial charge in [0.25, 0.3) is 0 Å². The van der Waals surface area contributed by atoms with Gasteiger partial charge in [0.2, 0.25) is 0 Å². The topological polar surface area (TPSA) is 32.3 Å². The van der Waals surface area contributed by atoms with Crippen molar-refractivity contribution in [3.8, 4) is 0 Å².